The van der Waals surface area contributed by atoms with Crippen molar-refractivity contribution in [1.29, 1.82) is 0 Å². The van der Waals surface area contributed by atoms with E-state index < -0.39 is 5.54 Å². The maximum Gasteiger partial charge on any atom is 0.261 e. The van der Waals surface area contributed by atoms with Crippen LogP contribution in [0.3, 0.4) is 0 Å². The smallest absolute Gasteiger partial charge is 0.261 e. The molecule has 1 saturated carbocycles. The van der Waals surface area contributed by atoms with Gasteiger partial charge in [-0.1, -0.05) is 43.5 Å². The molecule has 2 aliphatic rings. The summed E-state index contributed by atoms with van der Waals surface area (Å²) in [5, 5.41) is 2.93. The van der Waals surface area contributed by atoms with E-state index in [1.807, 2.05) is 30.3 Å². The summed E-state index contributed by atoms with van der Waals surface area (Å²) in [4.78, 5) is 32.4. The molecule has 0 radical (unpaired) electrons. The number of anilines is 1. The lowest BCUT2D eigenvalue weighted by molar-refractivity contribution is -0.133. The summed E-state index contributed by atoms with van der Waals surface area (Å²) in [6, 6.07) is 14.5. The fourth-order valence-electron chi connectivity index (χ4n) is 4.74. The maximum atomic E-state index is 13.4. The molecule has 0 aromatic heterocycles. The second-order valence-electron chi connectivity index (χ2n) is 8.17. The zero-order valence-corrected chi connectivity index (χ0v) is 17.9. The van der Waals surface area contributed by atoms with Gasteiger partial charge in [0.1, 0.15) is 5.75 Å². The van der Waals surface area contributed by atoms with Crippen molar-refractivity contribution in [1.82, 2.24) is 4.90 Å². The van der Waals surface area contributed by atoms with Crippen molar-refractivity contribution < 1.29 is 14.3 Å². The molecule has 1 aliphatic carbocycles. The second kappa shape index (κ2) is 8.41. The minimum atomic E-state index is -1.04. The molecule has 1 heterocycles. The quantitative estimate of drug-likeness (QED) is 0.773. The zero-order chi connectivity index (χ0) is 22.0. The summed E-state index contributed by atoms with van der Waals surface area (Å²) in [6.45, 7) is 0. The van der Waals surface area contributed by atoms with Crippen molar-refractivity contribution >= 4 is 23.5 Å². The van der Waals surface area contributed by atoms with E-state index in [-0.39, 0.29) is 23.7 Å². The number of carbonyl (C=O) groups is 2. The molecule has 1 unspecified atom stereocenters. The number of ether oxygens (including phenoxy) is 1. The second-order valence-corrected chi connectivity index (χ2v) is 8.17. The van der Waals surface area contributed by atoms with Crippen LogP contribution in [0, 0.1) is 5.92 Å². The predicted octanol–water partition coefficient (Wildman–Crippen LogP) is 3.51. The van der Waals surface area contributed by atoms with E-state index in [9.17, 15) is 9.59 Å². The Morgan fingerprint density at radius 2 is 1.90 bits per heavy atom. The number of nitrogens with zero attached hydrogens (tertiary/aromatic N) is 2. The van der Waals surface area contributed by atoms with Crippen molar-refractivity contribution in [3.05, 3.63) is 59.7 Å². The Morgan fingerprint density at radius 1 is 1.16 bits per heavy atom. The summed E-state index contributed by atoms with van der Waals surface area (Å²) in [7, 11) is 3.20. The van der Waals surface area contributed by atoms with Crippen LogP contribution in [-0.4, -0.2) is 36.8 Å². The van der Waals surface area contributed by atoms with Crippen LogP contribution in [0.15, 0.2) is 53.5 Å². The molecule has 1 atom stereocenters. The van der Waals surface area contributed by atoms with Gasteiger partial charge in [0.05, 0.1) is 12.7 Å². The minimum Gasteiger partial charge on any atom is -0.496 e. The van der Waals surface area contributed by atoms with E-state index in [0.717, 1.165) is 31.2 Å². The number of guanidine groups is 1. The van der Waals surface area contributed by atoms with Crippen LogP contribution in [0.1, 0.15) is 48.0 Å². The number of amides is 2. The highest BCUT2D eigenvalue weighted by atomic mass is 16.5. The molecule has 3 N–H and O–H groups in total. The molecule has 2 aromatic rings. The van der Waals surface area contributed by atoms with Gasteiger partial charge in [0.2, 0.25) is 0 Å². The summed E-state index contributed by atoms with van der Waals surface area (Å²) in [6.07, 6.45) is 5.17. The molecule has 0 spiro atoms. The molecular formula is C24H28N4O3. The first-order valence-electron chi connectivity index (χ1n) is 10.7. The van der Waals surface area contributed by atoms with Gasteiger partial charge in [-0.25, -0.2) is 4.99 Å². The number of benzene rings is 2. The molecule has 4 rings (SSSR count). The number of carbonyl (C=O) groups excluding carboxylic acids is 2. The number of para-hydroxylation sites is 1. The molecule has 2 amide bonds. The Morgan fingerprint density at radius 3 is 2.58 bits per heavy atom. The molecule has 31 heavy (non-hydrogen) atoms. The molecule has 1 fully saturated rings. The number of hydrogen-bond donors (Lipinski definition) is 2. The van der Waals surface area contributed by atoms with Crippen LogP contribution >= 0.6 is 0 Å². The highest BCUT2D eigenvalue weighted by Gasteiger charge is 2.53. The van der Waals surface area contributed by atoms with Crippen molar-refractivity contribution in [2.75, 3.05) is 19.5 Å². The fraction of sp³-hybridized carbons (Fsp3) is 0.375. The van der Waals surface area contributed by atoms with Gasteiger partial charge in [-0.2, -0.15) is 0 Å². The first-order valence-corrected chi connectivity index (χ1v) is 10.7. The standard InChI is InChI=1S/C24H28N4O3/c1-28-22(30)24(27-23(28)25,16-9-4-3-5-10-16)17-11-8-12-18(15-17)26-21(29)19-13-6-7-14-20(19)31-2/h6-8,11-16H,3-5,9-10H2,1-2H3,(H2,25,27)(H,26,29). The Hall–Kier alpha value is -3.35. The van der Waals surface area contributed by atoms with Crippen LogP contribution in [0.25, 0.3) is 0 Å². The van der Waals surface area contributed by atoms with Crippen LogP contribution in [-0.2, 0) is 10.3 Å². The molecule has 162 valence electrons. The molecule has 7 nitrogen and oxygen atoms in total. The lowest BCUT2D eigenvalue weighted by Gasteiger charge is -2.36. The average Bonchev–Trinajstić information content (AvgIpc) is 3.04. The summed E-state index contributed by atoms with van der Waals surface area (Å²) in [5.41, 5.74) is 6.85. The number of aliphatic imine (C=N–C) groups is 1. The topological polar surface area (TPSA) is 97.0 Å². The Balaban J connectivity index is 1.70. The number of nitrogens with one attached hydrogen (secondary N) is 1. The molecule has 0 saturated heterocycles. The monoisotopic (exact) mass is 420 g/mol. The van der Waals surface area contributed by atoms with Gasteiger partial charge in [-0.15, -0.1) is 0 Å². The third-order valence-corrected chi connectivity index (χ3v) is 6.37. The van der Waals surface area contributed by atoms with Gasteiger partial charge in [-0.3, -0.25) is 14.5 Å². The third-order valence-electron chi connectivity index (χ3n) is 6.37. The van der Waals surface area contributed by atoms with Crippen LogP contribution < -0.4 is 15.8 Å². The Kier molecular flexibility index (Phi) is 5.67. The Bertz CT molecular complexity index is 1030. The number of hydrogen-bond acceptors (Lipinski definition) is 5. The van der Waals surface area contributed by atoms with Crippen LogP contribution in [0.2, 0.25) is 0 Å². The van der Waals surface area contributed by atoms with Gasteiger partial charge in [0.25, 0.3) is 11.8 Å². The number of methoxy groups -OCH3 is 1. The van der Waals surface area contributed by atoms with Gasteiger partial charge in [0.15, 0.2) is 11.5 Å². The predicted molar refractivity (Wildman–Crippen MR) is 120 cm³/mol. The SMILES string of the molecule is COc1ccccc1C(=O)Nc1cccc(C2(C3CCCCC3)N=C(N)N(C)C2=O)c1. The summed E-state index contributed by atoms with van der Waals surface area (Å²) in [5.74, 6) is 0.431. The lowest BCUT2D eigenvalue weighted by Crippen LogP contribution is -2.45. The van der Waals surface area contributed by atoms with E-state index >= 15 is 0 Å². The van der Waals surface area contributed by atoms with Crippen molar-refractivity contribution in [2.24, 2.45) is 16.6 Å². The van der Waals surface area contributed by atoms with Crippen LogP contribution in [0.4, 0.5) is 5.69 Å². The van der Waals surface area contributed by atoms with E-state index in [4.69, 9.17) is 15.5 Å². The number of rotatable bonds is 5. The zero-order valence-electron chi connectivity index (χ0n) is 17.9. The van der Waals surface area contributed by atoms with Gasteiger partial charge in [-0.05, 0) is 48.6 Å². The molecule has 1 aliphatic heterocycles. The van der Waals surface area contributed by atoms with E-state index in [2.05, 4.69) is 5.32 Å². The third kappa shape index (κ3) is 3.65. The van der Waals surface area contributed by atoms with Gasteiger partial charge >= 0.3 is 0 Å². The van der Waals surface area contributed by atoms with E-state index in [0.29, 0.717) is 17.0 Å². The summed E-state index contributed by atoms with van der Waals surface area (Å²) >= 11 is 0. The van der Waals surface area contributed by atoms with Crippen molar-refractivity contribution in [3.63, 3.8) is 0 Å². The first-order chi connectivity index (χ1) is 15.0. The van der Waals surface area contributed by atoms with Gasteiger partial charge in [0, 0.05) is 12.7 Å². The van der Waals surface area contributed by atoms with Crippen molar-refractivity contribution in [3.8, 4) is 5.75 Å². The van der Waals surface area contributed by atoms with Crippen molar-refractivity contribution in [2.45, 2.75) is 37.6 Å². The normalized spacial score (nSPS) is 21.7. The average molecular weight is 421 g/mol. The van der Waals surface area contributed by atoms with Crippen LogP contribution in [0.5, 0.6) is 5.75 Å². The molecule has 7 heteroatoms. The number of nitrogens with two attached hydrogens (primary N) is 1. The number of likely N-dealkylation sites (N-methyl/N-ethyl adjacent to an activating group) is 1. The van der Waals surface area contributed by atoms with Gasteiger partial charge < -0.3 is 15.8 Å². The minimum absolute atomic E-state index is 0.0809. The maximum absolute atomic E-state index is 13.4. The molecular weight excluding hydrogens is 392 g/mol. The Labute approximate surface area is 182 Å². The van der Waals surface area contributed by atoms with E-state index in [1.165, 1.54) is 18.4 Å². The highest BCUT2D eigenvalue weighted by molar-refractivity contribution is 6.08. The summed E-state index contributed by atoms with van der Waals surface area (Å²) < 4.78 is 5.30. The van der Waals surface area contributed by atoms with E-state index in [1.54, 1.807) is 25.2 Å². The lowest BCUT2D eigenvalue weighted by atomic mass is 9.71. The fourth-order valence-corrected chi connectivity index (χ4v) is 4.74. The highest BCUT2D eigenvalue weighted by Crippen LogP contribution is 2.46. The first kappa shape index (κ1) is 20.9. The molecule has 0 bridgehead atoms. The molecule has 2 aromatic carbocycles. The largest absolute Gasteiger partial charge is 0.496 e.